The fourth-order valence-electron chi connectivity index (χ4n) is 5.65. The van der Waals surface area contributed by atoms with Gasteiger partial charge in [-0.1, -0.05) is 32.0 Å². The molecule has 0 saturated carbocycles. The molecule has 2 N–H and O–H groups in total. The smallest absolute Gasteiger partial charge is 0.259 e. The summed E-state index contributed by atoms with van der Waals surface area (Å²) in [6.45, 7) is 11.1. The SMILES string of the molecule is CC(C)c1c(-c2c[nH]c3ccc(-c4ccc5c(c4)CN(C)CC5)cc23)nc2n(c1=O)CC(C)(C)N2. The highest BCUT2D eigenvalue weighted by molar-refractivity contribution is 5.98. The number of aromatic amines is 1. The summed E-state index contributed by atoms with van der Waals surface area (Å²) in [5.41, 5.74) is 8.71. The highest BCUT2D eigenvalue weighted by atomic mass is 16.1. The number of hydrogen-bond donors (Lipinski definition) is 2. The van der Waals surface area contributed by atoms with E-state index in [-0.39, 0.29) is 17.0 Å². The third-order valence-electron chi connectivity index (χ3n) is 7.46. The number of rotatable bonds is 3. The number of anilines is 1. The molecule has 0 amide bonds. The van der Waals surface area contributed by atoms with Crippen LogP contribution in [0.4, 0.5) is 5.95 Å². The number of aromatic nitrogens is 3. The third-order valence-corrected chi connectivity index (χ3v) is 7.46. The number of benzene rings is 2. The second-order valence-corrected chi connectivity index (χ2v) is 11.2. The van der Waals surface area contributed by atoms with E-state index in [2.05, 4.69) is 86.3 Å². The van der Waals surface area contributed by atoms with E-state index < -0.39 is 0 Å². The lowest BCUT2D eigenvalue weighted by Crippen LogP contribution is -2.30. The summed E-state index contributed by atoms with van der Waals surface area (Å²) in [4.78, 5) is 24.4. The first-order valence-electron chi connectivity index (χ1n) is 12.6. The summed E-state index contributed by atoms with van der Waals surface area (Å²) < 4.78 is 1.79. The number of hydrogen-bond acceptors (Lipinski definition) is 4. The highest BCUT2D eigenvalue weighted by Gasteiger charge is 2.32. The molecule has 2 aromatic heterocycles. The Hall–Kier alpha value is -3.38. The first kappa shape index (κ1) is 22.1. The van der Waals surface area contributed by atoms with Crippen molar-refractivity contribution in [2.45, 2.75) is 58.7 Å². The van der Waals surface area contributed by atoms with Crippen molar-refractivity contribution in [1.82, 2.24) is 19.4 Å². The van der Waals surface area contributed by atoms with Gasteiger partial charge in [-0.25, -0.2) is 4.98 Å². The lowest BCUT2D eigenvalue weighted by atomic mass is 9.93. The van der Waals surface area contributed by atoms with Crippen LogP contribution in [-0.2, 0) is 19.5 Å². The quantitative estimate of drug-likeness (QED) is 0.425. The molecule has 0 bridgehead atoms. The van der Waals surface area contributed by atoms with Crippen molar-refractivity contribution >= 4 is 16.9 Å². The Bertz CT molecular complexity index is 1520. The minimum Gasteiger partial charge on any atom is -0.360 e. The van der Waals surface area contributed by atoms with Gasteiger partial charge < -0.3 is 15.2 Å². The fourth-order valence-corrected chi connectivity index (χ4v) is 5.65. The summed E-state index contributed by atoms with van der Waals surface area (Å²) in [5, 5.41) is 4.53. The Morgan fingerprint density at radius 1 is 1.06 bits per heavy atom. The van der Waals surface area contributed by atoms with Gasteiger partial charge in [-0.05, 0) is 73.7 Å². The van der Waals surface area contributed by atoms with Crippen LogP contribution in [-0.4, -0.2) is 38.6 Å². The summed E-state index contributed by atoms with van der Waals surface area (Å²) in [5.74, 6) is 0.723. The number of likely N-dealkylation sites (N-methyl/N-ethyl adjacent to an activating group) is 1. The normalized spacial score (nSPS) is 17.0. The van der Waals surface area contributed by atoms with Crippen LogP contribution >= 0.6 is 0 Å². The van der Waals surface area contributed by atoms with E-state index in [0.29, 0.717) is 12.5 Å². The minimum atomic E-state index is -0.195. The van der Waals surface area contributed by atoms with E-state index in [9.17, 15) is 4.79 Å². The molecule has 0 saturated heterocycles. The van der Waals surface area contributed by atoms with E-state index in [0.717, 1.165) is 47.2 Å². The van der Waals surface area contributed by atoms with Crippen LogP contribution in [0.1, 0.15) is 50.3 Å². The molecule has 0 fully saturated rings. The predicted octanol–water partition coefficient (Wildman–Crippen LogP) is 5.37. The second kappa shape index (κ2) is 7.82. The van der Waals surface area contributed by atoms with Crippen LogP contribution < -0.4 is 10.9 Å². The molecule has 0 aliphatic carbocycles. The zero-order valence-corrected chi connectivity index (χ0v) is 21.2. The molecule has 4 aromatic rings. The Morgan fingerprint density at radius 2 is 1.83 bits per heavy atom. The summed E-state index contributed by atoms with van der Waals surface area (Å²) in [6, 6.07) is 13.4. The van der Waals surface area contributed by atoms with Crippen molar-refractivity contribution in [3.63, 3.8) is 0 Å². The summed E-state index contributed by atoms with van der Waals surface area (Å²) in [7, 11) is 2.18. The van der Waals surface area contributed by atoms with Crippen molar-refractivity contribution in [1.29, 1.82) is 0 Å². The minimum absolute atomic E-state index is 0.0578. The average Bonchev–Trinajstić information content (AvgIpc) is 3.37. The van der Waals surface area contributed by atoms with Gasteiger partial charge in [-0.3, -0.25) is 9.36 Å². The molecule has 4 heterocycles. The maximum atomic E-state index is 13.6. The molecule has 2 aliphatic rings. The van der Waals surface area contributed by atoms with Gasteiger partial charge >= 0.3 is 0 Å². The van der Waals surface area contributed by atoms with E-state index in [1.807, 2.05) is 6.20 Å². The second-order valence-electron chi connectivity index (χ2n) is 11.2. The highest BCUT2D eigenvalue weighted by Crippen LogP contribution is 2.36. The Morgan fingerprint density at radius 3 is 2.63 bits per heavy atom. The van der Waals surface area contributed by atoms with Crippen molar-refractivity contribution in [3.05, 3.63) is 69.6 Å². The molecule has 6 rings (SSSR count). The largest absolute Gasteiger partial charge is 0.360 e. The standard InChI is InChI=1S/C29H33N5O/c1-17(2)25-26(31-28-32-29(3,4)16-34(28)27(25)35)23-14-30-24-9-8-20(13-22(23)24)19-7-6-18-10-11-33(5)15-21(18)12-19/h6-9,12-14,17,30H,10-11,15-16H2,1-5H3,(H,31,32). The van der Waals surface area contributed by atoms with Crippen LogP contribution in [0.15, 0.2) is 47.4 Å². The lowest BCUT2D eigenvalue weighted by Gasteiger charge is -2.25. The van der Waals surface area contributed by atoms with Crippen LogP contribution in [0, 0.1) is 0 Å². The maximum absolute atomic E-state index is 13.6. The molecule has 0 unspecified atom stereocenters. The van der Waals surface area contributed by atoms with Crippen molar-refractivity contribution in [2.75, 3.05) is 18.9 Å². The molecule has 6 heteroatoms. The number of H-pyrrole nitrogens is 1. The zero-order chi connectivity index (χ0) is 24.5. The molecule has 0 spiro atoms. The molecule has 6 nitrogen and oxygen atoms in total. The Labute approximate surface area is 206 Å². The zero-order valence-electron chi connectivity index (χ0n) is 21.2. The molecule has 0 atom stereocenters. The van der Waals surface area contributed by atoms with E-state index in [1.165, 1.54) is 22.3 Å². The number of nitrogens with one attached hydrogen (secondary N) is 2. The number of fused-ring (bicyclic) bond motifs is 3. The van der Waals surface area contributed by atoms with Crippen molar-refractivity contribution < 1.29 is 0 Å². The van der Waals surface area contributed by atoms with Gasteiger partial charge in [0.1, 0.15) is 0 Å². The molecule has 0 radical (unpaired) electrons. The van der Waals surface area contributed by atoms with Crippen LogP contribution in [0.5, 0.6) is 0 Å². The van der Waals surface area contributed by atoms with Gasteiger partial charge in [0.25, 0.3) is 5.56 Å². The summed E-state index contributed by atoms with van der Waals surface area (Å²) in [6.07, 6.45) is 3.11. The van der Waals surface area contributed by atoms with E-state index >= 15 is 0 Å². The predicted molar refractivity (Wildman–Crippen MR) is 143 cm³/mol. The first-order valence-corrected chi connectivity index (χ1v) is 12.6. The van der Waals surface area contributed by atoms with E-state index in [1.54, 1.807) is 4.57 Å². The first-order chi connectivity index (χ1) is 16.7. The third kappa shape index (κ3) is 3.67. The monoisotopic (exact) mass is 467 g/mol. The van der Waals surface area contributed by atoms with Crippen LogP contribution in [0.3, 0.4) is 0 Å². The van der Waals surface area contributed by atoms with Crippen LogP contribution in [0.2, 0.25) is 0 Å². The van der Waals surface area contributed by atoms with Crippen LogP contribution in [0.25, 0.3) is 33.3 Å². The van der Waals surface area contributed by atoms with Crippen molar-refractivity contribution in [3.8, 4) is 22.4 Å². The molecule has 180 valence electrons. The fraction of sp³-hybridized carbons (Fsp3) is 0.379. The molecule has 2 aromatic carbocycles. The van der Waals surface area contributed by atoms with Gasteiger partial charge in [-0.2, -0.15) is 0 Å². The molecule has 2 aliphatic heterocycles. The average molecular weight is 468 g/mol. The van der Waals surface area contributed by atoms with Gasteiger partial charge in [0, 0.05) is 41.3 Å². The van der Waals surface area contributed by atoms with Gasteiger partial charge in [0.2, 0.25) is 5.95 Å². The summed E-state index contributed by atoms with van der Waals surface area (Å²) >= 11 is 0. The van der Waals surface area contributed by atoms with Crippen molar-refractivity contribution in [2.24, 2.45) is 0 Å². The molecular formula is C29H33N5O. The lowest BCUT2D eigenvalue weighted by molar-refractivity contribution is 0.313. The molecule has 35 heavy (non-hydrogen) atoms. The van der Waals surface area contributed by atoms with Gasteiger partial charge in [0.05, 0.1) is 17.8 Å². The molecular weight excluding hydrogens is 434 g/mol. The van der Waals surface area contributed by atoms with E-state index in [4.69, 9.17) is 4.98 Å². The number of nitrogens with zero attached hydrogens (tertiary/aromatic N) is 3. The maximum Gasteiger partial charge on any atom is 0.259 e. The Balaban J connectivity index is 1.50. The Kier molecular flexibility index (Phi) is 4.94. The topological polar surface area (TPSA) is 66.0 Å². The van der Waals surface area contributed by atoms with Gasteiger partial charge in [0.15, 0.2) is 0 Å². The van der Waals surface area contributed by atoms with Gasteiger partial charge in [-0.15, -0.1) is 0 Å².